The summed E-state index contributed by atoms with van der Waals surface area (Å²) in [5.74, 6) is 0.685. The van der Waals surface area contributed by atoms with Crippen molar-refractivity contribution in [1.29, 1.82) is 0 Å². The molecule has 1 N–H and O–H groups in total. The summed E-state index contributed by atoms with van der Waals surface area (Å²) in [5, 5.41) is 0. The topological polar surface area (TPSA) is 64.6 Å². The fourth-order valence-corrected chi connectivity index (χ4v) is 3.09. The average Bonchev–Trinajstić information content (AvgIpc) is 2.97. The summed E-state index contributed by atoms with van der Waals surface area (Å²) in [4.78, 5) is 0.249. The van der Waals surface area contributed by atoms with E-state index in [2.05, 4.69) is 4.72 Å². The van der Waals surface area contributed by atoms with E-state index < -0.39 is 10.0 Å². The molecule has 1 heterocycles. The van der Waals surface area contributed by atoms with E-state index in [4.69, 9.17) is 9.47 Å². The van der Waals surface area contributed by atoms with E-state index in [1.165, 1.54) is 0 Å². The van der Waals surface area contributed by atoms with Gasteiger partial charge in [0.1, 0.15) is 5.75 Å². The molecule has 0 amide bonds. The Morgan fingerprint density at radius 1 is 1.35 bits per heavy atom. The zero-order chi connectivity index (χ0) is 14.4. The minimum absolute atomic E-state index is 0.00284. The van der Waals surface area contributed by atoms with Crippen LogP contribution in [0.5, 0.6) is 5.75 Å². The zero-order valence-electron chi connectivity index (χ0n) is 11.7. The molecule has 2 rings (SSSR count). The average molecular weight is 299 g/mol. The van der Waals surface area contributed by atoms with Gasteiger partial charge in [0.2, 0.25) is 10.0 Å². The molecule has 1 atom stereocenters. The quantitative estimate of drug-likeness (QED) is 0.835. The highest BCUT2D eigenvalue weighted by Gasteiger charge is 2.20. The van der Waals surface area contributed by atoms with Crippen LogP contribution in [0.1, 0.15) is 26.2 Å². The highest BCUT2D eigenvalue weighted by atomic mass is 32.2. The highest BCUT2D eigenvalue weighted by Crippen LogP contribution is 2.17. The van der Waals surface area contributed by atoms with Gasteiger partial charge >= 0.3 is 0 Å². The number of hydrogen-bond donors (Lipinski definition) is 1. The monoisotopic (exact) mass is 299 g/mol. The maximum Gasteiger partial charge on any atom is 0.240 e. The molecule has 0 saturated carbocycles. The van der Waals surface area contributed by atoms with Crippen molar-refractivity contribution in [2.45, 2.75) is 37.2 Å². The number of benzene rings is 1. The van der Waals surface area contributed by atoms with Gasteiger partial charge in [-0.05, 0) is 43.5 Å². The van der Waals surface area contributed by atoms with Crippen molar-refractivity contribution in [2.24, 2.45) is 0 Å². The van der Waals surface area contributed by atoms with E-state index in [9.17, 15) is 8.42 Å². The molecule has 0 bridgehead atoms. The van der Waals surface area contributed by atoms with Gasteiger partial charge < -0.3 is 9.47 Å². The molecule has 1 aromatic carbocycles. The van der Waals surface area contributed by atoms with Crippen molar-refractivity contribution < 1.29 is 17.9 Å². The summed E-state index contributed by atoms with van der Waals surface area (Å²) < 4.78 is 37.6. The third kappa shape index (κ3) is 4.19. The van der Waals surface area contributed by atoms with Crippen LogP contribution in [0, 0.1) is 0 Å². The smallest absolute Gasteiger partial charge is 0.240 e. The molecule has 1 aliphatic rings. The Hall–Kier alpha value is -1.11. The molecular formula is C14H21NO4S. The lowest BCUT2D eigenvalue weighted by Gasteiger charge is -2.12. The zero-order valence-corrected chi connectivity index (χ0v) is 12.5. The molecule has 112 valence electrons. The van der Waals surface area contributed by atoms with E-state index >= 15 is 0 Å². The van der Waals surface area contributed by atoms with Gasteiger partial charge in [-0.3, -0.25) is 0 Å². The molecule has 0 radical (unpaired) electrons. The van der Waals surface area contributed by atoms with Crippen LogP contribution in [-0.4, -0.2) is 34.3 Å². The lowest BCUT2D eigenvalue weighted by atomic mass is 10.2. The van der Waals surface area contributed by atoms with Crippen molar-refractivity contribution in [3.8, 4) is 5.75 Å². The Morgan fingerprint density at radius 3 is 2.70 bits per heavy atom. The van der Waals surface area contributed by atoms with Gasteiger partial charge in [-0.1, -0.05) is 6.92 Å². The lowest BCUT2D eigenvalue weighted by molar-refractivity contribution is 0.114. The summed E-state index contributed by atoms with van der Waals surface area (Å²) in [6, 6.07) is 6.47. The van der Waals surface area contributed by atoms with Crippen LogP contribution < -0.4 is 9.46 Å². The van der Waals surface area contributed by atoms with Crippen LogP contribution >= 0.6 is 0 Å². The van der Waals surface area contributed by atoms with Crippen LogP contribution in [0.4, 0.5) is 0 Å². The highest BCUT2D eigenvalue weighted by molar-refractivity contribution is 7.89. The first-order valence-corrected chi connectivity index (χ1v) is 8.44. The predicted octanol–water partition coefficient (Wildman–Crippen LogP) is 1.93. The minimum atomic E-state index is -3.47. The number of hydrogen-bond acceptors (Lipinski definition) is 4. The summed E-state index contributed by atoms with van der Waals surface area (Å²) in [6.45, 7) is 3.70. The third-order valence-electron chi connectivity index (χ3n) is 3.13. The molecule has 5 nitrogen and oxygen atoms in total. The molecule has 1 fully saturated rings. The fourth-order valence-electron chi connectivity index (χ4n) is 2.03. The number of ether oxygens (including phenoxy) is 2. The SMILES string of the molecule is CCCOc1ccc(S(=O)(=O)NCC2CCCO2)cc1. The molecule has 20 heavy (non-hydrogen) atoms. The summed E-state index contributed by atoms with van der Waals surface area (Å²) in [6.07, 6.45) is 2.82. The van der Waals surface area contributed by atoms with Crippen LogP contribution in [-0.2, 0) is 14.8 Å². The van der Waals surface area contributed by atoms with Gasteiger partial charge in [0.15, 0.2) is 0 Å². The fraction of sp³-hybridized carbons (Fsp3) is 0.571. The Balaban J connectivity index is 1.94. The first kappa shape index (κ1) is 15.3. The van der Waals surface area contributed by atoms with Crippen LogP contribution in [0.3, 0.4) is 0 Å². The summed E-state index contributed by atoms with van der Waals surface area (Å²) in [7, 11) is -3.47. The van der Waals surface area contributed by atoms with E-state index in [1.54, 1.807) is 24.3 Å². The Labute approximate surface area is 120 Å². The van der Waals surface area contributed by atoms with Gasteiger partial charge in [-0.2, -0.15) is 0 Å². The molecule has 6 heteroatoms. The maximum absolute atomic E-state index is 12.1. The van der Waals surface area contributed by atoms with Crippen molar-refractivity contribution in [1.82, 2.24) is 4.72 Å². The molecule has 0 aliphatic carbocycles. The van der Waals surface area contributed by atoms with Gasteiger partial charge in [-0.25, -0.2) is 13.1 Å². The Bertz CT molecular complexity index is 506. The normalized spacial score (nSPS) is 19.1. The van der Waals surface area contributed by atoms with E-state index in [-0.39, 0.29) is 11.0 Å². The van der Waals surface area contributed by atoms with Crippen molar-refractivity contribution in [3.63, 3.8) is 0 Å². The third-order valence-corrected chi connectivity index (χ3v) is 4.57. The molecule has 1 aliphatic heterocycles. The van der Waals surface area contributed by atoms with Gasteiger partial charge in [0, 0.05) is 13.2 Å². The molecule has 1 saturated heterocycles. The standard InChI is InChI=1S/C14H21NO4S/c1-2-9-18-12-5-7-14(8-6-12)20(16,17)15-11-13-4-3-10-19-13/h5-8,13,15H,2-4,9-11H2,1H3. The van der Waals surface area contributed by atoms with Crippen molar-refractivity contribution in [3.05, 3.63) is 24.3 Å². The molecular weight excluding hydrogens is 278 g/mol. The largest absolute Gasteiger partial charge is 0.494 e. The van der Waals surface area contributed by atoms with Crippen molar-refractivity contribution in [2.75, 3.05) is 19.8 Å². The number of nitrogens with one attached hydrogen (secondary N) is 1. The molecule has 1 aromatic rings. The van der Waals surface area contributed by atoms with E-state index in [0.717, 1.165) is 25.9 Å². The van der Waals surface area contributed by atoms with Crippen molar-refractivity contribution >= 4 is 10.0 Å². The van der Waals surface area contributed by atoms with Crippen LogP contribution in [0.25, 0.3) is 0 Å². The second-order valence-electron chi connectivity index (χ2n) is 4.81. The lowest BCUT2D eigenvalue weighted by Crippen LogP contribution is -2.31. The van der Waals surface area contributed by atoms with Gasteiger partial charge in [0.05, 0.1) is 17.6 Å². The molecule has 0 aromatic heterocycles. The minimum Gasteiger partial charge on any atom is -0.494 e. The Kier molecular flexibility index (Phi) is 5.39. The van der Waals surface area contributed by atoms with Crippen LogP contribution in [0.15, 0.2) is 29.2 Å². The van der Waals surface area contributed by atoms with Crippen LogP contribution in [0.2, 0.25) is 0 Å². The summed E-state index contributed by atoms with van der Waals surface area (Å²) in [5.41, 5.74) is 0. The Morgan fingerprint density at radius 2 is 2.10 bits per heavy atom. The van der Waals surface area contributed by atoms with Gasteiger partial charge in [0.25, 0.3) is 0 Å². The number of sulfonamides is 1. The molecule has 0 spiro atoms. The predicted molar refractivity (Wildman–Crippen MR) is 76.4 cm³/mol. The first-order valence-electron chi connectivity index (χ1n) is 6.96. The van der Waals surface area contributed by atoms with E-state index in [0.29, 0.717) is 18.9 Å². The van der Waals surface area contributed by atoms with Gasteiger partial charge in [-0.15, -0.1) is 0 Å². The molecule has 1 unspecified atom stereocenters. The second-order valence-corrected chi connectivity index (χ2v) is 6.57. The summed E-state index contributed by atoms with van der Waals surface area (Å²) >= 11 is 0. The van der Waals surface area contributed by atoms with E-state index in [1.807, 2.05) is 6.92 Å². The second kappa shape index (κ2) is 7.06. The number of rotatable bonds is 7. The maximum atomic E-state index is 12.1. The first-order chi connectivity index (χ1) is 9.62.